The first-order chi connectivity index (χ1) is 11.8. The third-order valence-corrected chi connectivity index (χ3v) is 4.44. The summed E-state index contributed by atoms with van der Waals surface area (Å²) in [5.74, 6) is 0.909. The van der Waals surface area contributed by atoms with Crippen molar-refractivity contribution < 1.29 is 4.79 Å². The molecule has 1 aromatic carbocycles. The summed E-state index contributed by atoms with van der Waals surface area (Å²) in [6, 6.07) is 8.32. The van der Waals surface area contributed by atoms with E-state index in [9.17, 15) is 4.79 Å². The highest BCUT2D eigenvalue weighted by Gasteiger charge is 2.19. The summed E-state index contributed by atoms with van der Waals surface area (Å²) in [6.45, 7) is 18.0. The highest BCUT2D eigenvalue weighted by Crippen LogP contribution is 2.30. The van der Waals surface area contributed by atoms with Crippen LogP contribution in [0.4, 0.5) is 5.69 Å². The van der Waals surface area contributed by atoms with Gasteiger partial charge in [0.05, 0.1) is 0 Å². The maximum absolute atomic E-state index is 12.6. The quantitative estimate of drug-likeness (QED) is 0.707. The third kappa shape index (κ3) is 5.80. The van der Waals surface area contributed by atoms with Crippen LogP contribution in [0, 0.1) is 0 Å². The van der Waals surface area contributed by atoms with Crippen LogP contribution in [0.25, 0.3) is 0 Å². The van der Waals surface area contributed by atoms with E-state index < -0.39 is 0 Å². The third-order valence-electron chi connectivity index (χ3n) is 4.44. The number of hydrogen-bond acceptors (Lipinski definition) is 3. The second-order valence-electron chi connectivity index (χ2n) is 7.13. The van der Waals surface area contributed by atoms with Crippen molar-refractivity contribution >= 4 is 11.6 Å². The van der Waals surface area contributed by atoms with Gasteiger partial charge in [-0.3, -0.25) is 4.79 Å². The van der Waals surface area contributed by atoms with Gasteiger partial charge in [-0.25, -0.2) is 0 Å². The molecule has 0 spiro atoms. The Labute approximate surface area is 153 Å². The van der Waals surface area contributed by atoms with E-state index >= 15 is 0 Å². The first-order valence-electron chi connectivity index (χ1n) is 9.40. The maximum atomic E-state index is 12.6. The Hall–Kier alpha value is -1.97. The Kier molecular flexibility index (Phi) is 8.01. The summed E-state index contributed by atoms with van der Waals surface area (Å²) >= 11 is 0. The Morgan fingerprint density at radius 2 is 1.48 bits per heavy atom. The van der Waals surface area contributed by atoms with Gasteiger partial charge in [-0.05, 0) is 44.7 Å². The zero-order chi connectivity index (χ0) is 19.0. The van der Waals surface area contributed by atoms with E-state index in [1.54, 1.807) is 6.08 Å². The first kappa shape index (κ1) is 21.1. The Morgan fingerprint density at radius 3 is 1.96 bits per heavy atom. The fraction of sp³-hybridized carbons (Fsp3) is 0.571. The predicted octanol–water partition coefficient (Wildman–Crippen LogP) is 4.45. The number of anilines is 1. The van der Waals surface area contributed by atoms with Crippen molar-refractivity contribution in [3.05, 3.63) is 41.7 Å². The summed E-state index contributed by atoms with van der Waals surface area (Å²) in [4.78, 5) is 16.6. The highest BCUT2D eigenvalue weighted by molar-refractivity contribution is 5.88. The van der Waals surface area contributed by atoms with Crippen LogP contribution in [-0.4, -0.2) is 41.9 Å². The molecule has 140 valence electrons. The molecule has 1 aromatic rings. The minimum atomic E-state index is 0.0286. The molecule has 1 amide bonds. The van der Waals surface area contributed by atoms with Crippen molar-refractivity contribution in [2.75, 3.05) is 31.5 Å². The SMILES string of the molecule is CCN(CC)C(=O)/C=C(\Nc1ccccc1C(C)(C)C)N(CC)CC. The minimum absolute atomic E-state index is 0.0286. The van der Waals surface area contributed by atoms with Gasteiger partial charge < -0.3 is 15.1 Å². The van der Waals surface area contributed by atoms with E-state index in [0.717, 1.165) is 37.7 Å². The number of rotatable bonds is 8. The summed E-state index contributed by atoms with van der Waals surface area (Å²) in [6.07, 6.45) is 1.74. The van der Waals surface area contributed by atoms with Crippen molar-refractivity contribution in [3.8, 4) is 0 Å². The normalized spacial score (nSPS) is 12.0. The van der Waals surface area contributed by atoms with E-state index in [2.05, 4.69) is 63.0 Å². The Bertz CT molecular complexity index is 579. The van der Waals surface area contributed by atoms with E-state index in [0.29, 0.717) is 0 Å². The van der Waals surface area contributed by atoms with Gasteiger partial charge in [0.25, 0.3) is 0 Å². The maximum Gasteiger partial charge on any atom is 0.250 e. The zero-order valence-electron chi connectivity index (χ0n) is 17.0. The summed E-state index contributed by atoms with van der Waals surface area (Å²) in [5, 5.41) is 3.53. The van der Waals surface area contributed by atoms with Crippen molar-refractivity contribution in [2.45, 2.75) is 53.9 Å². The van der Waals surface area contributed by atoms with Crippen LogP contribution < -0.4 is 5.32 Å². The molecule has 1 N–H and O–H groups in total. The number of nitrogens with zero attached hydrogens (tertiary/aromatic N) is 2. The largest absolute Gasteiger partial charge is 0.359 e. The van der Waals surface area contributed by atoms with Gasteiger partial charge in [-0.15, -0.1) is 0 Å². The van der Waals surface area contributed by atoms with Crippen molar-refractivity contribution in [1.29, 1.82) is 0 Å². The molecule has 0 aliphatic heterocycles. The summed E-state index contributed by atoms with van der Waals surface area (Å²) in [7, 11) is 0. The lowest BCUT2D eigenvalue weighted by Gasteiger charge is -2.29. The van der Waals surface area contributed by atoms with E-state index in [4.69, 9.17) is 0 Å². The molecule has 0 saturated carbocycles. The smallest absolute Gasteiger partial charge is 0.250 e. The van der Waals surface area contributed by atoms with Gasteiger partial charge in [-0.1, -0.05) is 39.0 Å². The Balaban J connectivity index is 3.26. The van der Waals surface area contributed by atoms with E-state index in [1.807, 2.05) is 24.8 Å². The number of carbonyl (C=O) groups excluding carboxylic acids is 1. The van der Waals surface area contributed by atoms with E-state index in [1.165, 1.54) is 5.56 Å². The molecule has 4 nitrogen and oxygen atoms in total. The van der Waals surface area contributed by atoms with Crippen molar-refractivity contribution in [3.63, 3.8) is 0 Å². The number of hydrogen-bond donors (Lipinski definition) is 1. The van der Waals surface area contributed by atoms with Crippen molar-refractivity contribution in [2.24, 2.45) is 0 Å². The summed E-state index contributed by atoms with van der Waals surface area (Å²) < 4.78 is 0. The monoisotopic (exact) mass is 345 g/mol. The highest BCUT2D eigenvalue weighted by atomic mass is 16.2. The number of carbonyl (C=O) groups is 1. The van der Waals surface area contributed by atoms with Gasteiger partial charge in [0, 0.05) is 37.9 Å². The van der Waals surface area contributed by atoms with Crippen LogP contribution in [0.15, 0.2) is 36.2 Å². The lowest BCUT2D eigenvalue weighted by Crippen LogP contribution is -2.33. The van der Waals surface area contributed by atoms with Crippen LogP contribution in [-0.2, 0) is 10.2 Å². The van der Waals surface area contributed by atoms with Crippen LogP contribution in [0.2, 0.25) is 0 Å². The van der Waals surface area contributed by atoms with Crippen LogP contribution in [0.1, 0.15) is 54.0 Å². The molecule has 0 fully saturated rings. The molecule has 0 aliphatic carbocycles. The average Bonchev–Trinajstić information content (AvgIpc) is 2.56. The molecule has 0 saturated heterocycles. The lowest BCUT2D eigenvalue weighted by atomic mass is 9.86. The topological polar surface area (TPSA) is 35.6 Å². The zero-order valence-corrected chi connectivity index (χ0v) is 17.0. The predicted molar refractivity (Wildman–Crippen MR) is 108 cm³/mol. The molecule has 4 heteroatoms. The molecular weight excluding hydrogens is 310 g/mol. The number of amides is 1. The number of likely N-dealkylation sites (N-methyl/N-ethyl adjacent to an activating group) is 1. The number of para-hydroxylation sites is 1. The van der Waals surface area contributed by atoms with Gasteiger partial charge >= 0.3 is 0 Å². The molecule has 0 aromatic heterocycles. The number of nitrogens with one attached hydrogen (secondary N) is 1. The molecule has 25 heavy (non-hydrogen) atoms. The molecule has 0 aliphatic rings. The van der Waals surface area contributed by atoms with Crippen LogP contribution >= 0.6 is 0 Å². The van der Waals surface area contributed by atoms with Gasteiger partial charge in [0.2, 0.25) is 5.91 Å². The molecular formula is C21H35N3O. The molecule has 1 rings (SSSR count). The van der Waals surface area contributed by atoms with Crippen LogP contribution in [0.5, 0.6) is 0 Å². The van der Waals surface area contributed by atoms with Gasteiger partial charge in [-0.2, -0.15) is 0 Å². The molecule has 0 atom stereocenters. The minimum Gasteiger partial charge on any atom is -0.359 e. The first-order valence-corrected chi connectivity index (χ1v) is 9.40. The second kappa shape index (κ2) is 9.50. The van der Waals surface area contributed by atoms with Crippen molar-refractivity contribution in [1.82, 2.24) is 9.80 Å². The lowest BCUT2D eigenvalue weighted by molar-refractivity contribution is -0.125. The summed E-state index contributed by atoms with van der Waals surface area (Å²) in [5.41, 5.74) is 2.32. The standard InChI is InChI=1S/C21H35N3O/c1-8-23(9-2)19(16-20(25)24(10-3)11-4)22-18-15-13-12-14-17(18)21(5,6)7/h12-16,22H,8-11H2,1-7H3/b19-16+. The Morgan fingerprint density at radius 1 is 0.960 bits per heavy atom. The van der Waals surface area contributed by atoms with Gasteiger partial charge in [0.15, 0.2) is 0 Å². The molecule has 0 unspecified atom stereocenters. The van der Waals surface area contributed by atoms with Crippen LogP contribution in [0.3, 0.4) is 0 Å². The average molecular weight is 346 g/mol. The fourth-order valence-electron chi connectivity index (χ4n) is 2.90. The fourth-order valence-corrected chi connectivity index (χ4v) is 2.90. The second-order valence-corrected chi connectivity index (χ2v) is 7.13. The number of benzene rings is 1. The van der Waals surface area contributed by atoms with Gasteiger partial charge in [0.1, 0.15) is 5.82 Å². The molecule has 0 heterocycles. The van der Waals surface area contributed by atoms with E-state index in [-0.39, 0.29) is 11.3 Å². The molecule has 0 bridgehead atoms. The molecule has 0 radical (unpaired) electrons.